The van der Waals surface area contributed by atoms with Crippen molar-refractivity contribution in [1.29, 1.82) is 0 Å². The van der Waals surface area contributed by atoms with Crippen LogP contribution in [0.1, 0.15) is 38.5 Å². The summed E-state index contributed by atoms with van der Waals surface area (Å²) in [4.78, 5) is 2.65. The largest absolute Gasteiger partial charge is 0.393 e. The minimum absolute atomic E-state index is 0.0140. The van der Waals surface area contributed by atoms with Crippen LogP contribution in [0.3, 0.4) is 0 Å². The van der Waals surface area contributed by atoms with Gasteiger partial charge in [0.05, 0.1) is 6.10 Å². The van der Waals surface area contributed by atoms with Crippen LogP contribution < -0.4 is 0 Å². The van der Waals surface area contributed by atoms with E-state index in [0.29, 0.717) is 12.1 Å². The van der Waals surface area contributed by atoms with Crippen LogP contribution in [0.25, 0.3) is 0 Å². The summed E-state index contributed by atoms with van der Waals surface area (Å²) in [6.45, 7) is 1.24. The van der Waals surface area contributed by atoms with E-state index in [-0.39, 0.29) is 6.10 Å². The molecule has 2 fully saturated rings. The number of halogens is 1. The normalized spacial score (nSPS) is 37.7. The van der Waals surface area contributed by atoms with Crippen molar-refractivity contribution in [2.75, 3.05) is 11.9 Å². The molecule has 2 unspecified atom stereocenters. The number of nitrogens with zero attached hydrogens (tertiary/aromatic N) is 1. The Hall–Kier alpha value is 0.400. The summed E-state index contributed by atoms with van der Waals surface area (Å²) in [6, 6.07) is 1.39. The highest BCUT2D eigenvalue weighted by Gasteiger charge is 2.39. The summed E-state index contributed by atoms with van der Waals surface area (Å²) in [5, 5.41) is 10.8. The van der Waals surface area contributed by atoms with E-state index in [1.165, 1.54) is 32.2 Å². The summed E-state index contributed by atoms with van der Waals surface area (Å²) in [5.74, 6) is 0. The van der Waals surface area contributed by atoms with Gasteiger partial charge in [0.15, 0.2) is 0 Å². The molecule has 0 spiro atoms. The Labute approximate surface area is 94.8 Å². The van der Waals surface area contributed by atoms with Gasteiger partial charge in [0.2, 0.25) is 0 Å². The Morgan fingerprint density at radius 2 is 1.79 bits per heavy atom. The van der Waals surface area contributed by atoms with Crippen LogP contribution in [0, 0.1) is 0 Å². The Morgan fingerprint density at radius 1 is 1.14 bits per heavy atom. The van der Waals surface area contributed by atoms with Crippen molar-refractivity contribution in [3.05, 3.63) is 0 Å². The number of hydrogen-bond acceptors (Lipinski definition) is 2. The molecule has 2 aliphatic heterocycles. The molecule has 1 N–H and O–H groups in total. The average molecular weight is 262 g/mol. The SMILES string of the molecule is OC1CC2CCC(C1)N2CCCCBr. The van der Waals surface area contributed by atoms with Gasteiger partial charge in [-0.3, -0.25) is 4.90 Å². The van der Waals surface area contributed by atoms with Gasteiger partial charge in [-0.15, -0.1) is 0 Å². The van der Waals surface area contributed by atoms with Gasteiger partial charge in [0, 0.05) is 17.4 Å². The minimum Gasteiger partial charge on any atom is -0.393 e. The van der Waals surface area contributed by atoms with E-state index in [2.05, 4.69) is 20.8 Å². The highest BCUT2D eigenvalue weighted by molar-refractivity contribution is 9.09. The molecule has 0 radical (unpaired) electrons. The summed E-state index contributed by atoms with van der Waals surface area (Å²) < 4.78 is 0. The van der Waals surface area contributed by atoms with E-state index >= 15 is 0 Å². The Balaban J connectivity index is 1.82. The molecule has 2 saturated heterocycles. The molecular weight excluding hydrogens is 242 g/mol. The third-order valence-electron chi connectivity index (χ3n) is 3.66. The molecule has 2 aliphatic rings. The maximum Gasteiger partial charge on any atom is 0.0570 e. The van der Waals surface area contributed by atoms with Crippen molar-refractivity contribution in [1.82, 2.24) is 4.90 Å². The number of unbranched alkanes of at least 4 members (excludes halogenated alkanes) is 1. The predicted octanol–water partition coefficient (Wildman–Crippen LogP) is 2.15. The molecule has 0 saturated carbocycles. The van der Waals surface area contributed by atoms with Gasteiger partial charge >= 0.3 is 0 Å². The topological polar surface area (TPSA) is 23.5 Å². The Morgan fingerprint density at radius 3 is 2.36 bits per heavy atom. The molecule has 3 heteroatoms. The molecule has 2 nitrogen and oxygen atoms in total. The number of alkyl halides is 1. The number of aliphatic hydroxyl groups is 1. The first-order valence-electron chi connectivity index (χ1n) is 5.81. The molecule has 82 valence electrons. The van der Waals surface area contributed by atoms with Crippen molar-refractivity contribution >= 4 is 15.9 Å². The molecule has 0 aromatic carbocycles. The monoisotopic (exact) mass is 261 g/mol. The number of piperidine rings is 1. The third kappa shape index (κ3) is 2.31. The predicted molar refractivity (Wildman–Crippen MR) is 61.8 cm³/mol. The van der Waals surface area contributed by atoms with Gasteiger partial charge in [-0.1, -0.05) is 15.9 Å². The van der Waals surface area contributed by atoms with Crippen molar-refractivity contribution < 1.29 is 5.11 Å². The molecule has 2 heterocycles. The van der Waals surface area contributed by atoms with Crippen molar-refractivity contribution in [2.45, 2.75) is 56.7 Å². The van der Waals surface area contributed by atoms with Crippen molar-refractivity contribution in [3.8, 4) is 0 Å². The molecule has 2 atom stereocenters. The standard InChI is InChI=1S/C11H20BrNO/c12-5-1-2-6-13-9-3-4-10(13)8-11(14)7-9/h9-11,14H,1-8H2. The van der Waals surface area contributed by atoms with Crippen LogP contribution in [-0.4, -0.2) is 40.1 Å². The fraction of sp³-hybridized carbons (Fsp3) is 1.00. The van der Waals surface area contributed by atoms with E-state index < -0.39 is 0 Å². The zero-order valence-corrected chi connectivity index (χ0v) is 10.2. The second-order valence-electron chi connectivity index (χ2n) is 4.64. The van der Waals surface area contributed by atoms with Crippen LogP contribution >= 0.6 is 15.9 Å². The van der Waals surface area contributed by atoms with Gasteiger partial charge < -0.3 is 5.11 Å². The van der Waals surface area contributed by atoms with Crippen LogP contribution in [0.2, 0.25) is 0 Å². The van der Waals surface area contributed by atoms with E-state index in [1.54, 1.807) is 0 Å². The second kappa shape index (κ2) is 4.95. The van der Waals surface area contributed by atoms with Crippen LogP contribution in [0.4, 0.5) is 0 Å². The summed E-state index contributed by atoms with van der Waals surface area (Å²) >= 11 is 3.47. The first-order chi connectivity index (χ1) is 6.81. The first kappa shape index (κ1) is 10.9. The van der Waals surface area contributed by atoms with Gasteiger partial charge in [-0.2, -0.15) is 0 Å². The average Bonchev–Trinajstić information content (AvgIpc) is 2.42. The highest BCUT2D eigenvalue weighted by atomic mass is 79.9. The molecule has 0 aromatic heterocycles. The lowest BCUT2D eigenvalue weighted by molar-refractivity contribution is 0.0349. The molecule has 0 aliphatic carbocycles. The van der Waals surface area contributed by atoms with Crippen molar-refractivity contribution in [3.63, 3.8) is 0 Å². The number of hydrogen-bond donors (Lipinski definition) is 1. The lowest BCUT2D eigenvalue weighted by atomic mass is 9.99. The summed E-state index contributed by atoms with van der Waals surface area (Å²) in [7, 11) is 0. The van der Waals surface area contributed by atoms with E-state index in [1.807, 2.05) is 0 Å². The fourth-order valence-corrected chi connectivity index (χ4v) is 3.40. The molecule has 0 amide bonds. The molecular formula is C11H20BrNO. The quantitative estimate of drug-likeness (QED) is 0.620. The third-order valence-corrected chi connectivity index (χ3v) is 4.22. The van der Waals surface area contributed by atoms with E-state index in [4.69, 9.17) is 0 Å². The van der Waals surface area contributed by atoms with Gasteiger partial charge in [-0.05, 0) is 45.1 Å². The first-order valence-corrected chi connectivity index (χ1v) is 6.93. The smallest absolute Gasteiger partial charge is 0.0570 e. The van der Waals surface area contributed by atoms with Crippen LogP contribution in [0.15, 0.2) is 0 Å². The van der Waals surface area contributed by atoms with Crippen LogP contribution in [0.5, 0.6) is 0 Å². The molecule has 14 heavy (non-hydrogen) atoms. The van der Waals surface area contributed by atoms with Gasteiger partial charge in [0.25, 0.3) is 0 Å². The maximum atomic E-state index is 9.65. The zero-order valence-electron chi connectivity index (χ0n) is 8.66. The van der Waals surface area contributed by atoms with Gasteiger partial charge in [0.1, 0.15) is 0 Å². The fourth-order valence-electron chi connectivity index (χ4n) is 3.00. The lowest BCUT2D eigenvalue weighted by Gasteiger charge is -2.37. The lowest BCUT2D eigenvalue weighted by Crippen LogP contribution is -2.45. The van der Waals surface area contributed by atoms with Crippen LogP contribution in [-0.2, 0) is 0 Å². The maximum absolute atomic E-state index is 9.65. The summed E-state index contributed by atoms with van der Waals surface area (Å²) in [6.07, 6.45) is 7.23. The highest BCUT2D eigenvalue weighted by Crippen LogP contribution is 2.35. The molecule has 2 bridgehead atoms. The second-order valence-corrected chi connectivity index (χ2v) is 5.44. The van der Waals surface area contributed by atoms with Crippen molar-refractivity contribution in [2.24, 2.45) is 0 Å². The number of aliphatic hydroxyl groups excluding tert-OH is 1. The summed E-state index contributed by atoms with van der Waals surface area (Å²) in [5.41, 5.74) is 0. The Kier molecular flexibility index (Phi) is 3.86. The van der Waals surface area contributed by atoms with E-state index in [9.17, 15) is 5.11 Å². The van der Waals surface area contributed by atoms with Gasteiger partial charge in [-0.25, -0.2) is 0 Å². The minimum atomic E-state index is -0.0140. The van der Waals surface area contributed by atoms with E-state index in [0.717, 1.165) is 18.2 Å². The molecule has 2 rings (SSSR count). The zero-order chi connectivity index (χ0) is 9.97. The molecule has 0 aromatic rings. The number of fused-ring (bicyclic) bond motifs is 2. The number of rotatable bonds is 4. The Bertz CT molecular complexity index is 174.